The van der Waals surface area contributed by atoms with E-state index < -0.39 is 0 Å². The summed E-state index contributed by atoms with van der Waals surface area (Å²) in [4.78, 5) is 16.4. The Morgan fingerprint density at radius 3 is 2.25 bits per heavy atom. The molecule has 1 aromatic rings. The zero-order valence-electron chi connectivity index (χ0n) is 13.0. The SMILES string of the molecule is CCCN(CCO)C(=O)[C@H](c1ccc(C)cc1)N(C)C. The van der Waals surface area contributed by atoms with Gasteiger partial charge in [-0.3, -0.25) is 9.69 Å². The lowest BCUT2D eigenvalue weighted by Crippen LogP contribution is -2.42. The highest BCUT2D eigenvalue weighted by Gasteiger charge is 2.27. The third kappa shape index (κ3) is 4.32. The number of hydrogen-bond donors (Lipinski definition) is 1. The molecule has 0 bridgehead atoms. The first-order valence-electron chi connectivity index (χ1n) is 7.13. The number of aliphatic hydroxyl groups is 1. The molecule has 0 aliphatic rings. The third-order valence-corrected chi connectivity index (χ3v) is 3.32. The Hall–Kier alpha value is -1.39. The largest absolute Gasteiger partial charge is 0.395 e. The molecule has 4 nitrogen and oxygen atoms in total. The molecular formula is C16H26N2O2. The van der Waals surface area contributed by atoms with E-state index in [1.807, 2.05) is 57.1 Å². The summed E-state index contributed by atoms with van der Waals surface area (Å²) in [5.74, 6) is 0.0507. The fraction of sp³-hybridized carbons (Fsp3) is 0.562. The molecule has 20 heavy (non-hydrogen) atoms. The zero-order valence-corrected chi connectivity index (χ0v) is 13.0. The molecule has 1 aromatic carbocycles. The lowest BCUT2D eigenvalue weighted by atomic mass is 10.0. The molecular weight excluding hydrogens is 252 g/mol. The van der Waals surface area contributed by atoms with Crippen molar-refractivity contribution in [3.05, 3.63) is 35.4 Å². The van der Waals surface area contributed by atoms with E-state index in [-0.39, 0.29) is 18.6 Å². The Labute approximate surface area is 122 Å². The summed E-state index contributed by atoms with van der Waals surface area (Å²) in [6, 6.07) is 7.75. The fourth-order valence-corrected chi connectivity index (χ4v) is 2.31. The Morgan fingerprint density at radius 1 is 1.20 bits per heavy atom. The average molecular weight is 278 g/mol. The second-order valence-corrected chi connectivity index (χ2v) is 5.33. The maximum absolute atomic E-state index is 12.7. The Kier molecular flexibility index (Phi) is 6.68. The second kappa shape index (κ2) is 8.02. The van der Waals surface area contributed by atoms with Gasteiger partial charge in [0.2, 0.25) is 5.91 Å². The number of hydrogen-bond acceptors (Lipinski definition) is 3. The summed E-state index contributed by atoms with van der Waals surface area (Å²) >= 11 is 0. The molecule has 0 fully saturated rings. The van der Waals surface area contributed by atoms with Crippen LogP contribution in [0.1, 0.15) is 30.5 Å². The van der Waals surface area contributed by atoms with Gasteiger partial charge in [0, 0.05) is 13.1 Å². The van der Waals surface area contributed by atoms with E-state index in [1.54, 1.807) is 4.90 Å². The highest BCUT2D eigenvalue weighted by molar-refractivity contribution is 5.83. The maximum atomic E-state index is 12.7. The Bertz CT molecular complexity index is 409. The van der Waals surface area contributed by atoms with Gasteiger partial charge < -0.3 is 10.0 Å². The molecule has 0 spiro atoms. The van der Waals surface area contributed by atoms with Crippen molar-refractivity contribution in [1.29, 1.82) is 0 Å². The van der Waals surface area contributed by atoms with Crippen LogP contribution in [0.25, 0.3) is 0 Å². The molecule has 1 rings (SSSR count). The fourth-order valence-electron chi connectivity index (χ4n) is 2.31. The summed E-state index contributed by atoms with van der Waals surface area (Å²) in [5, 5.41) is 9.13. The van der Waals surface area contributed by atoms with Crippen molar-refractivity contribution >= 4 is 5.91 Å². The predicted octanol–water partition coefficient (Wildman–Crippen LogP) is 1.83. The van der Waals surface area contributed by atoms with Crippen LogP contribution in [0.4, 0.5) is 0 Å². The van der Waals surface area contributed by atoms with Crippen molar-refractivity contribution in [3.8, 4) is 0 Å². The minimum atomic E-state index is -0.298. The molecule has 112 valence electrons. The van der Waals surface area contributed by atoms with Crippen molar-refractivity contribution in [1.82, 2.24) is 9.80 Å². The van der Waals surface area contributed by atoms with E-state index in [9.17, 15) is 4.79 Å². The highest BCUT2D eigenvalue weighted by Crippen LogP contribution is 2.21. The number of aryl methyl sites for hydroxylation is 1. The van der Waals surface area contributed by atoms with E-state index >= 15 is 0 Å². The normalized spacial score (nSPS) is 12.5. The molecule has 0 saturated heterocycles. The number of rotatable bonds is 7. The van der Waals surface area contributed by atoms with E-state index in [0.717, 1.165) is 12.0 Å². The van der Waals surface area contributed by atoms with Gasteiger partial charge in [-0.15, -0.1) is 0 Å². The van der Waals surface area contributed by atoms with Crippen LogP contribution >= 0.6 is 0 Å². The smallest absolute Gasteiger partial charge is 0.244 e. The van der Waals surface area contributed by atoms with Crippen molar-refractivity contribution < 1.29 is 9.90 Å². The summed E-state index contributed by atoms with van der Waals surface area (Å²) in [7, 11) is 3.82. The van der Waals surface area contributed by atoms with Gasteiger partial charge in [0.15, 0.2) is 0 Å². The number of aliphatic hydroxyl groups excluding tert-OH is 1. The van der Waals surface area contributed by atoms with Crippen molar-refractivity contribution in [3.63, 3.8) is 0 Å². The van der Waals surface area contributed by atoms with Gasteiger partial charge in [0.25, 0.3) is 0 Å². The predicted molar refractivity (Wildman–Crippen MR) is 81.6 cm³/mol. The van der Waals surface area contributed by atoms with Crippen LogP contribution in [0.5, 0.6) is 0 Å². The topological polar surface area (TPSA) is 43.8 Å². The first kappa shape index (κ1) is 16.7. The van der Waals surface area contributed by atoms with E-state index in [2.05, 4.69) is 0 Å². The van der Waals surface area contributed by atoms with Gasteiger partial charge in [0.05, 0.1) is 6.61 Å². The second-order valence-electron chi connectivity index (χ2n) is 5.33. The zero-order chi connectivity index (χ0) is 15.1. The number of carbonyl (C=O) groups is 1. The molecule has 4 heteroatoms. The van der Waals surface area contributed by atoms with Gasteiger partial charge in [-0.2, -0.15) is 0 Å². The van der Waals surface area contributed by atoms with Crippen LogP contribution in [0, 0.1) is 6.92 Å². The highest BCUT2D eigenvalue weighted by atomic mass is 16.3. The molecule has 1 atom stereocenters. The Balaban J connectivity index is 2.99. The standard InChI is InChI=1S/C16H26N2O2/c1-5-10-18(11-12-19)16(20)15(17(3)4)14-8-6-13(2)7-9-14/h6-9,15,19H,5,10-12H2,1-4H3/t15-/m0/s1. The molecule has 0 heterocycles. The lowest BCUT2D eigenvalue weighted by Gasteiger charge is -2.30. The summed E-state index contributed by atoms with van der Waals surface area (Å²) in [5.41, 5.74) is 2.17. The number of benzene rings is 1. The average Bonchev–Trinajstić information content (AvgIpc) is 2.40. The molecule has 1 amide bonds. The first-order valence-corrected chi connectivity index (χ1v) is 7.13. The third-order valence-electron chi connectivity index (χ3n) is 3.32. The van der Waals surface area contributed by atoms with Crippen LogP contribution in [0.3, 0.4) is 0 Å². The van der Waals surface area contributed by atoms with Crippen LogP contribution in [0.15, 0.2) is 24.3 Å². The minimum absolute atomic E-state index is 0.000212. The lowest BCUT2D eigenvalue weighted by molar-refractivity contribution is -0.137. The molecule has 0 aliphatic heterocycles. The van der Waals surface area contributed by atoms with Crippen molar-refractivity contribution in [2.45, 2.75) is 26.3 Å². The van der Waals surface area contributed by atoms with E-state index in [1.165, 1.54) is 5.56 Å². The monoisotopic (exact) mass is 278 g/mol. The molecule has 1 N–H and O–H groups in total. The number of nitrogens with zero attached hydrogens (tertiary/aromatic N) is 2. The molecule has 0 radical (unpaired) electrons. The quantitative estimate of drug-likeness (QED) is 0.827. The Morgan fingerprint density at radius 2 is 1.80 bits per heavy atom. The molecule has 0 aliphatic carbocycles. The number of amides is 1. The summed E-state index contributed by atoms with van der Waals surface area (Å²) in [6.45, 7) is 5.14. The maximum Gasteiger partial charge on any atom is 0.244 e. The van der Waals surface area contributed by atoms with E-state index in [0.29, 0.717) is 13.1 Å². The van der Waals surface area contributed by atoms with Crippen molar-refractivity contribution in [2.75, 3.05) is 33.8 Å². The molecule has 0 unspecified atom stereocenters. The van der Waals surface area contributed by atoms with Gasteiger partial charge in [0.1, 0.15) is 6.04 Å². The van der Waals surface area contributed by atoms with Gasteiger partial charge >= 0.3 is 0 Å². The molecule has 0 aromatic heterocycles. The summed E-state index contributed by atoms with van der Waals surface area (Å²) < 4.78 is 0. The minimum Gasteiger partial charge on any atom is -0.395 e. The number of likely N-dealkylation sites (N-methyl/N-ethyl adjacent to an activating group) is 1. The van der Waals surface area contributed by atoms with Crippen LogP contribution in [-0.4, -0.2) is 54.6 Å². The van der Waals surface area contributed by atoms with Gasteiger partial charge in [-0.25, -0.2) is 0 Å². The van der Waals surface area contributed by atoms with E-state index in [4.69, 9.17) is 5.11 Å². The van der Waals surface area contributed by atoms with Crippen LogP contribution in [0.2, 0.25) is 0 Å². The van der Waals surface area contributed by atoms with Crippen LogP contribution in [-0.2, 0) is 4.79 Å². The van der Waals surface area contributed by atoms with Crippen LogP contribution < -0.4 is 0 Å². The summed E-state index contributed by atoms with van der Waals surface area (Å²) in [6.07, 6.45) is 0.889. The van der Waals surface area contributed by atoms with Gasteiger partial charge in [-0.1, -0.05) is 36.8 Å². The number of carbonyl (C=O) groups excluding carboxylic acids is 1. The molecule has 0 saturated carbocycles. The first-order chi connectivity index (χ1) is 9.51. The van der Waals surface area contributed by atoms with Gasteiger partial charge in [-0.05, 0) is 33.0 Å². The van der Waals surface area contributed by atoms with Crippen molar-refractivity contribution in [2.24, 2.45) is 0 Å².